The number of hydrogen-bond donors (Lipinski definition) is 1. The van der Waals surface area contributed by atoms with Crippen LogP contribution in [0.25, 0.3) is 11.0 Å². The Morgan fingerprint density at radius 2 is 1.85 bits per heavy atom. The molecule has 2 amide bonds. The normalized spacial score (nSPS) is 14.7. The summed E-state index contributed by atoms with van der Waals surface area (Å²) in [5, 5.41) is 2.75. The summed E-state index contributed by atoms with van der Waals surface area (Å²) >= 11 is 0. The number of rotatable bonds is 2. The second kappa shape index (κ2) is 6.67. The standard InChI is InChI=1S/C19H20FN5O/c1-23-17-8-3-2-7-16(17)22-18(23)24-9-11-25(12-10-24)19(26)21-15-6-4-5-14(20)13-15/h2-8,13H,9-12H2,1H3,(H,21,26). The van der Waals surface area contributed by atoms with E-state index in [9.17, 15) is 9.18 Å². The van der Waals surface area contributed by atoms with Gasteiger partial charge in [0.2, 0.25) is 5.95 Å². The fraction of sp³-hybridized carbons (Fsp3) is 0.263. The molecule has 1 aliphatic rings. The molecule has 4 rings (SSSR count). The second-order valence-corrected chi connectivity index (χ2v) is 6.37. The van der Waals surface area contributed by atoms with E-state index in [0.29, 0.717) is 31.9 Å². The highest BCUT2D eigenvalue weighted by atomic mass is 19.1. The van der Waals surface area contributed by atoms with Gasteiger partial charge in [0.05, 0.1) is 11.0 Å². The molecule has 0 aliphatic carbocycles. The highest BCUT2D eigenvalue weighted by Gasteiger charge is 2.24. The minimum Gasteiger partial charge on any atom is -0.339 e. The molecule has 0 radical (unpaired) electrons. The smallest absolute Gasteiger partial charge is 0.321 e. The van der Waals surface area contributed by atoms with Crippen LogP contribution in [0.3, 0.4) is 0 Å². The van der Waals surface area contributed by atoms with Crippen molar-refractivity contribution in [3.05, 3.63) is 54.3 Å². The molecule has 1 N–H and O–H groups in total. The molecule has 1 aromatic heterocycles. The summed E-state index contributed by atoms with van der Waals surface area (Å²) in [4.78, 5) is 21.0. The van der Waals surface area contributed by atoms with Gasteiger partial charge in [0.25, 0.3) is 0 Å². The topological polar surface area (TPSA) is 53.4 Å². The fourth-order valence-electron chi connectivity index (χ4n) is 3.29. The molecule has 3 aromatic rings. The third-order valence-electron chi connectivity index (χ3n) is 4.69. The largest absolute Gasteiger partial charge is 0.339 e. The molecule has 1 saturated heterocycles. The first-order valence-corrected chi connectivity index (χ1v) is 8.60. The van der Waals surface area contributed by atoms with Crippen molar-refractivity contribution in [2.75, 3.05) is 36.4 Å². The lowest BCUT2D eigenvalue weighted by molar-refractivity contribution is 0.208. The maximum atomic E-state index is 13.2. The quantitative estimate of drug-likeness (QED) is 0.770. The van der Waals surface area contributed by atoms with Crippen LogP contribution in [0.2, 0.25) is 0 Å². The number of nitrogens with one attached hydrogen (secondary N) is 1. The Labute approximate surface area is 150 Å². The number of amides is 2. The van der Waals surface area contributed by atoms with E-state index >= 15 is 0 Å². The number of anilines is 2. The first-order chi connectivity index (χ1) is 12.6. The lowest BCUT2D eigenvalue weighted by Crippen LogP contribution is -2.50. The number of imidazole rings is 1. The molecule has 0 spiro atoms. The van der Waals surface area contributed by atoms with Crippen LogP contribution in [0.1, 0.15) is 0 Å². The van der Waals surface area contributed by atoms with Gasteiger partial charge >= 0.3 is 6.03 Å². The van der Waals surface area contributed by atoms with Crippen LogP contribution in [-0.4, -0.2) is 46.7 Å². The molecule has 0 bridgehead atoms. The van der Waals surface area contributed by atoms with Crippen LogP contribution >= 0.6 is 0 Å². The summed E-state index contributed by atoms with van der Waals surface area (Å²) in [5.74, 6) is 0.547. The molecule has 0 atom stereocenters. The zero-order chi connectivity index (χ0) is 18.1. The van der Waals surface area contributed by atoms with Gasteiger partial charge in [-0.1, -0.05) is 18.2 Å². The number of para-hydroxylation sites is 2. The highest BCUT2D eigenvalue weighted by Crippen LogP contribution is 2.22. The monoisotopic (exact) mass is 353 g/mol. The molecule has 2 aromatic carbocycles. The number of halogens is 1. The molecule has 0 saturated carbocycles. The number of carbonyl (C=O) groups is 1. The third kappa shape index (κ3) is 3.08. The van der Waals surface area contributed by atoms with Crippen LogP contribution in [0, 0.1) is 5.82 Å². The summed E-state index contributed by atoms with van der Waals surface area (Å²) in [5.41, 5.74) is 2.53. The second-order valence-electron chi connectivity index (χ2n) is 6.37. The number of aromatic nitrogens is 2. The molecule has 1 aliphatic heterocycles. The molecule has 26 heavy (non-hydrogen) atoms. The number of hydrogen-bond acceptors (Lipinski definition) is 3. The Morgan fingerprint density at radius 3 is 2.58 bits per heavy atom. The number of fused-ring (bicyclic) bond motifs is 1. The molecule has 1 fully saturated rings. The molecule has 6 nitrogen and oxygen atoms in total. The third-order valence-corrected chi connectivity index (χ3v) is 4.69. The fourth-order valence-corrected chi connectivity index (χ4v) is 3.29. The van der Waals surface area contributed by atoms with E-state index in [-0.39, 0.29) is 11.8 Å². The summed E-state index contributed by atoms with van der Waals surface area (Å²) in [7, 11) is 2.01. The summed E-state index contributed by atoms with van der Waals surface area (Å²) in [6.07, 6.45) is 0. The van der Waals surface area contributed by atoms with E-state index in [1.165, 1.54) is 12.1 Å². The minimum atomic E-state index is -0.366. The van der Waals surface area contributed by atoms with Gasteiger partial charge < -0.3 is 19.7 Å². The Bertz CT molecular complexity index is 946. The SMILES string of the molecule is Cn1c(N2CCN(C(=O)Nc3cccc(F)c3)CC2)nc2ccccc21. The summed E-state index contributed by atoms with van der Waals surface area (Å²) in [6.45, 7) is 2.58. The van der Waals surface area contributed by atoms with Crippen molar-refractivity contribution in [2.24, 2.45) is 7.05 Å². The molecular weight excluding hydrogens is 333 g/mol. The number of carbonyl (C=O) groups excluding carboxylic acids is 1. The van der Waals surface area contributed by atoms with E-state index in [2.05, 4.69) is 20.9 Å². The van der Waals surface area contributed by atoms with Crippen LogP contribution < -0.4 is 10.2 Å². The van der Waals surface area contributed by atoms with Crippen molar-refractivity contribution >= 4 is 28.7 Å². The van der Waals surface area contributed by atoms with Crippen molar-refractivity contribution in [3.8, 4) is 0 Å². The molecule has 0 unspecified atom stereocenters. The van der Waals surface area contributed by atoms with Gasteiger partial charge in [0.1, 0.15) is 5.82 Å². The van der Waals surface area contributed by atoms with E-state index in [0.717, 1.165) is 17.0 Å². The van der Waals surface area contributed by atoms with Crippen molar-refractivity contribution in [1.29, 1.82) is 0 Å². The predicted molar refractivity (Wildman–Crippen MR) is 99.9 cm³/mol. The van der Waals surface area contributed by atoms with Gasteiger partial charge in [-0.05, 0) is 30.3 Å². The Morgan fingerprint density at radius 1 is 1.08 bits per heavy atom. The van der Waals surface area contributed by atoms with Gasteiger partial charge in [0.15, 0.2) is 0 Å². The zero-order valence-electron chi connectivity index (χ0n) is 14.5. The average Bonchev–Trinajstić information content (AvgIpc) is 2.99. The van der Waals surface area contributed by atoms with Crippen molar-refractivity contribution in [3.63, 3.8) is 0 Å². The molecule has 2 heterocycles. The summed E-state index contributed by atoms with van der Waals surface area (Å²) < 4.78 is 15.3. The lowest BCUT2D eigenvalue weighted by Gasteiger charge is -2.35. The van der Waals surface area contributed by atoms with E-state index in [1.807, 2.05) is 25.2 Å². The zero-order valence-corrected chi connectivity index (χ0v) is 14.5. The predicted octanol–water partition coefficient (Wildman–Crippen LogP) is 3.07. The number of aryl methyl sites for hydroxylation is 1. The minimum absolute atomic E-state index is 0.208. The number of nitrogens with zero attached hydrogens (tertiary/aromatic N) is 4. The number of benzene rings is 2. The highest BCUT2D eigenvalue weighted by molar-refractivity contribution is 5.89. The Balaban J connectivity index is 1.42. The van der Waals surface area contributed by atoms with Gasteiger partial charge in [-0.15, -0.1) is 0 Å². The van der Waals surface area contributed by atoms with E-state index < -0.39 is 0 Å². The van der Waals surface area contributed by atoms with Crippen molar-refractivity contribution < 1.29 is 9.18 Å². The average molecular weight is 353 g/mol. The van der Waals surface area contributed by atoms with Gasteiger partial charge in [-0.25, -0.2) is 14.2 Å². The Kier molecular flexibility index (Phi) is 4.20. The van der Waals surface area contributed by atoms with Gasteiger partial charge in [-0.2, -0.15) is 0 Å². The molecular formula is C19H20FN5O. The maximum absolute atomic E-state index is 13.2. The maximum Gasteiger partial charge on any atom is 0.321 e. The van der Waals surface area contributed by atoms with E-state index in [1.54, 1.807) is 17.0 Å². The number of piperazine rings is 1. The molecule has 7 heteroatoms. The van der Waals surface area contributed by atoms with Gasteiger partial charge in [-0.3, -0.25) is 0 Å². The Hall–Kier alpha value is -3.09. The van der Waals surface area contributed by atoms with Gasteiger partial charge in [0, 0.05) is 38.9 Å². The van der Waals surface area contributed by atoms with Crippen LogP contribution in [0.5, 0.6) is 0 Å². The van der Waals surface area contributed by atoms with Crippen molar-refractivity contribution in [2.45, 2.75) is 0 Å². The molecule has 134 valence electrons. The summed E-state index contributed by atoms with van der Waals surface area (Å²) in [6, 6.07) is 13.7. The van der Waals surface area contributed by atoms with Crippen LogP contribution in [0.15, 0.2) is 48.5 Å². The van der Waals surface area contributed by atoms with Crippen LogP contribution in [0.4, 0.5) is 20.8 Å². The van der Waals surface area contributed by atoms with Crippen molar-refractivity contribution in [1.82, 2.24) is 14.5 Å². The lowest BCUT2D eigenvalue weighted by atomic mass is 10.3. The number of urea groups is 1. The first kappa shape index (κ1) is 16.4. The van der Waals surface area contributed by atoms with E-state index in [4.69, 9.17) is 4.98 Å². The van der Waals surface area contributed by atoms with Crippen LogP contribution in [-0.2, 0) is 7.05 Å². The first-order valence-electron chi connectivity index (χ1n) is 8.60.